The van der Waals surface area contributed by atoms with Gasteiger partial charge in [0.15, 0.2) is 0 Å². The molecular formula is C23H24N2O3S2. The van der Waals surface area contributed by atoms with Crippen LogP contribution < -0.4 is 10.0 Å². The van der Waals surface area contributed by atoms with Gasteiger partial charge in [-0.1, -0.05) is 30.3 Å². The third kappa shape index (κ3) is 4.68. The van der Waals surface area contributed by atoms with Crippen LogP contribution in [0.2, 0.25) is 0 Å². The second kappa shape index (κ2) is 8.93. The van der Waals surface area contributed by atoms with Gasteiger partial charge in [-0.05, 0) is 74.0 Å². The Morgan fingerprint density at radius 2 is 1.57 bits per heavy atom. The number of hydrogen-bond acceptors (Lipinski definition) is 4. The summed E-state index contributed by atoms with van der Waals surface area (Å²) in [4.78, 5) is 13.8. The minimum absolute atomic E-state index is 0.0780. The molecular weight excluding hydrogens is 416 g/mol. The molecule has 3 rings (SSSR count). The van der Waals surface area contributed by atoms with Crippen LogP contribution in [0.1, 0.15) is 27.0 Å². The fraction of sp³-hybridized carbons (Fsp3) is 0.174. The number of nitrogens with one attached hydrogen (secondary N) is 2. The SMILES string of the molecule is CSc1ccccc1NC(=O)c1ccc(C)c(S(=O)(=O)Nc2cccc(C)c2C)c1. The second-order valence-corrected chi connectivity index (χ2v) is 9.49. The number of carbonyl (C=O) groups excluding carboxylic acids is 1. The molecule has 1 amide bonds. The van der Waals surface area contributed by atoms with E-state index in [4.69, 9.17) is 0 Å². The summed E-state index contributed by atoms with van der Waals surface area (Å²) in [7, 11) is -3.86. The normalized spacial score (nSPS) is 11.2. The smallest absolute Gasteiger partial charge is 0.262 e. The molecule has 3 aromatic carbocycles. The number of para-hydroxylation sites is 1. The maximum atomic E-state index is 13.1. The highest BCUT2D eigenvalue weighted by atomic mass is 32.2. The largest absolute Gasteiger partial charge is 0.321 e. The van der Waals surface area contributed by atoms with Crippen LogP contribution in [-0.4, -0.2) is 20.6 Å². The van der Waals surface area contributed by atoms with Gasteiger partial charge in [-0.2, -0.15) is 0 Å². The molecule has 0 atom stereocenters. The number of anilines is 2. The average molecular weight is 441 g/mol. The van der Waals surface area contributed by atoms with Gasteiger partial charge in [0.05, 0.1) is 16.3 Å². The molecule has 0 aliphatic heterocycles. The zero-order valence-corrected chi connectivity index (χ0v) is 18.9. The van der Waals surface area contributed by atoms with Crippen molar-refractivity contribution < 1.29 is 13.2 Å². The molecule has 156 valence electrons. The molecule has 5 nitrogen and oxygen atoms in total. The molecule has 7 heteroatoms. The standard InChI is InChI=1S/C23H24N2O3S2/c1-15-8-7-10-19(17(15)3)25-30(27,28)22-14-18(13-12-16(22)2)23(26)24-20-9-5-6-11-21(20)29-4/h5-14,25H,1-4H3,(H,24,26). The summed E-state index contributed by atoms with van der Waals surface area (Å²) < 4.78 is 28.8. The summed E-state index contributed by atoms with van der Waals surface area (Å²) in [5.41, 5.74) is 3.91. The van der Waals surface area contributed by atoms with Crippen molar-refractivity contribution >= 4 is 39.1 Å². The summed E-state index contributed by atoms with van der Waals surface area (Å²) in [6.07, 6.45) is 1.93. The number of rotatable bonds is 6. The topological polar surface area (TPSA) is 75.3 Å². The Morgan fingerprint density at radius 1 is 0.867 bits per heavy atom. The Morgan fingerprint density at radius 3 is 2.30 bits per heavy atom. The fourth-order valence-electron chi connectivity index (χ4n) is 3.03. The summed E-state index contributed by atoms with van der Waals surface area (Å²) in [6.45, 7) is 5.51. The van der Waals surface area contributed by atoms with Gasteiger partial charge in [-0.25, -0.2) is 8.42 Å². The quantitative estimate of drug-likeness (QED) is 0.504. The van der Waals surface area contributed by atoms with Crippen molar-refractivity contribution in [2.75, 3.05) is 16.3 Å². The van der Waals surface area contributed by atoms with Crippen molar-refractivity contribution in [2.45, 2.75) is 30.6 Å². The molecule has 0 saturated carbocycles. The van der Waals surface area contributed by atoms with Crippen LogP contribution in [-0.2, 0) is 10.0 Å². The van der Waals surface area contributed by atoms with Crippen molar-refractivity contribution in [3.63, 3.8) is 0 Å². The number of amides is 1. The minimum atomic E-state index is -3.86. The molecule has 0 heterocycles. The fourth-order valence-corrected chi connectivity index (χ4v) is 4.98. The summed E-state index contributed by atoms with van der Waals surface area (Å²) >= 11 is 1.53. The average Bonchev–Trinajstić information content (AvgIpc) is 2.72. The van der Waals surface area contributed by atoms with Crippen molar-refractivity contribution in [3.8, 4) is 0 Å². The van der Waals surface area contributed by atoms with E-state index in [1.165, 1.54) is 17.8 Å². The number of sulfonamides is 1. The lowest BCUT2D eigenvalue weighted by Gasteiger charge is -2.15. The molecule has 0 radical (unpaired) electrons. The maximum Gasteiger partial charge on any atom is 0.262 e. The van der Waals surface area contributed by atoms with E-state index in [-0.39, 0.29) is 16.4 Å². The summed E-state index contributed by atoms with van der Waals surface area (Å²) in [6, 6.07) is 17.6. The summed E-state index contributed by atoms with van der Waals surface area (Å²) in [5.74, 6) is -0.361. The van der Waals surface area contributed by atoms with Gasteiger partial charge in [0.25, 0.3) is 15.9 Å². The van der Waals surface area contributed by atoms with Crippen LogP contribution in [0.4, 0.5) is 11.4 Å². The Bertz CT molecular complexity index is 1200. The van der Waals surface area contributed by atoms with Gasteiger partial charge in [-0.3, -0.25) is 9.52 Å². The minimum Gasteiger partial charge on any atom is -0.321 e. The highest BCUT2D eigenvalue weighted by Gasteiger charge is 2.20. The Hall–Kier alpha value is -2.77. The first kappa shape index (κ1) is 21.9. The Balaban J connectivity index is 1.92. The molecule has 0 saturated heterocycles. The van der Waals surface area contributed by atoms with E-state index in [9.17, 15) is 13.2 Å². The molecule has 0 unspecified atom stereocenters. The van der Waals surface area contributed by atoms with Crippen molar-refractivity contribution in [1.82, 2.24) is 0 Å². The Labute approximate surface area is 182 Å². The predicted octanol–water partition coefficient (Wildman–Crippen LogP) is 5.39. The van der Waals surface area contributed by atoms with Gasteiger partial charge in [0.2, 0.25) is 0 Å². The molecule has 0 aromatic heterocycles. The van der Waals surface area contributed by atoms with Gasteiger partial charge in [0.1, 0.15) is 0 Å². The van der Waals surface area contributed by atoms with Crippen LogP contribution in [0.3, 0.4) is 0 Å². The van der Waals surface area contributed by atoms with E-state index in [0.29, 0.717) is 16.9 Å². The van der Waals surface area contributed by atoms with E-state index in [2.05, 4.69) is 10.0 Å². The van der Waals surface area contributed by atoms with Crippen molar-refractivity contribution in [2.24, 2.45) is 0 Å². The number of benzene rings is 3. The molecule has 0 aliphatic carbocycles. The van der Waals surface area contributed by atoms with Gasteiger partial charge in [0, 0.05) is 10.5 Å². The first-order valence-corrected chi connectivity index (χ1v) is 12.1. The van der Waals surface area contributed by atoms with Crippen LogP contribution in [0, 0.1) is 20.8 Å². The van der Waals surface area contributed by atoms with Crippen molar-refractivity contribution in [3.05, 3.63) is 82.9 Å². The van der Waals surface area contributed by atoms with E-state index in [1.807, 2.05) is 50.4 Å². The van der Waals surface area contributed by atoms with Crippen LogP contribution in [0.25, 0.3) is 0 Å². The maximum absolute atomic E-state index is 13.1. The zero-order valence-electron chi connectivity index (χ0n) is 17.3. The highest BCUT2D eigenvalue weighted by molar-refractivity contribution is 7.98. The molecule has 30 heavy (non-hydrogen) atoms. The molecule has 0 fully saturated rings. The number of thioether (sulfide) groups is 1. The van der Waals surface area contributed by atoms with Crippen molar-refractivity contribution in [1.29, 1.82) is 0 Å². The lowest BCUT2D eigenvalue weighted by molar-refractivity contribution is 0.102. The van der Waals surface area contributed by atoms with Gasteiger partial charge < -0.3 is 5.32 Å². The lowest BCUT2D eigenvalue weighted by Crippen LogP contribution is -2.18. The molecule has 0 bridgehead atoms. The molecule has 2 N–H and O–H groups in total. The zero-order chi connectivity index (χ0) is 21.9. The van der Waals surface area contributed by atoms with Crippen LogP contribution in [0.5, 0.6) is 0 Å². The third-order valence-electron chi connectivity index (χ3n) is 4.94. The lowest BCUT2D eigenvalue weighted by atomic mass is 10.1. The molecule has 3 aromatic rings. The monoisotopic (exact) mass is 440 g/mol. The number of aryl methyl sites for hydroxylation is 2. The molecule has 0 aliphatic rings. The van der Waals surface area contributed by atoms with E-state index in [1.54, 1.807) is 31.2 Å². The van der Waals surface area contributed by atoms with Gasteiger partial charge in [-0.15, -0.1) is 11.8 Å². The predicted molar refractivity (Wildman–Crippen MR) is 124 cm³/mol. The first-order chi connectivity index (χ1) is 14.2. The third-order valence-corrected chi connectivity index (χ3v) is 7.25. The van der Waals surface area contributed by atoms with E-state index >= 15 is 0 Å². The summed E-state index contributed by atoms with van der Waals surface area (Å²) in [5, 5.41) is 2.87. The van der Waals surface area contributed by atoms with E-state index in [0.717, 1.165) is 16.0 Å². The van der Waals surface area contributed by atoms with Crippen LogP contribution >= 0.6 is 11.8 Å². The first-order valence-electron chi connectivity index (χ1n) is 9.37. The highest BCUT2D eigenvalue weighted by Crippen LogP contribution is 2.27. The number of carbonyl (C=O) groups is 1. The Kier molecular flexibility index (Phi) is 6.53. The molecule has 0 spiro atoms. The number of hydrogen-bond donors (Lipinski definition) is 2. The van der Waals surface area contributed by atoms with Gasteiger partial charge >= 0.3 is 0 Å². The van der Waals surface area contributed by atoms with E-state index < -0.39 is 10.0 Å². The van der Waals surface area contributed by atoms with Crippen LogP contribution in [0.15, 0.2) is 70.5 Å². The second-order valence-electron chi connectivity index (χ2n) is 6.99.